The first-order valence-electron chi connectivity index (χ1n) is 16.7. The highest BCUT2D eigenvalue weighted by Crippen LogP contribution is 2.67. The number of aliphatic hydroxyl groups is 4. The smallest absolute Gasteiger partial charge is 0.186 e. The van der Waals surface area contributed by atoms with Gasteiger partial charge in [-0.15, -0.1) is 0 Å². The molecule has 0 aromatic rings. The minimum atomic E-state index is -1.40. The maximum Gasteiger partial charge on any atom is 0.186 e. The Morgan fingerprint density at radius 2 is 1.80 bits per heavy atom. The van der Waals surface area contributed by atoms with Gasteiger partial charge in [-0.3, -0.25) is 0 Å². The fourth-order valence-corrected chi connectivity index (χ4v) is 10.6. The second kappa shape index (κ2) is 12.3. The predicted octanol–water partition coefficient (Wildman–Crippen LogP) is 5.77. The van der Waals surface area contributed by atoms with Gasteiger partial charge in [0.2, 0.25) is 0 Å². The fraction of sp³-hybridized carbons (Fsp3) is 0.886. The summed E-state index contributed by atoms with van der Waals surface area (Å²) in [4.78, 5) is 0. The summed E-state index contributed by atoms with van der Waals surface area (Å²) in [6, 6.07) is 0. The van der Waals surface area contributed by atoms with E-state index in [-0.39, 0.29) is 11.5 Å². The number of hydrogen-bond donors (Lipinski definition) is 4. The maximum absolute atomic E-state index is 10.5. The van der Waals surface area contributed by atoms with Crippen LogP contribution in [0, 0.1) is 46.3 Å². The molecule has 234 valence electrons. The van der Waals surface area contributed by atoms with Crippen LogP contribution in [0.1, 0.15) is 105 Å². The highest BCUT2D eigenvalue weighted by Gasteiger charge is 2.59. The normalized spacial score (nSPS) is 47.5. The van der Waals surface area contributed by atoms with Crippen molar-refractivity contribution < 1.29 is 29.9 Å². The van der Waals surface area contributed by atoms with E-state index in [0.717, 1.165) is 55.3 Å². The van der Waals surface area contributed by atoms with Crippen molar-refractivity contribution in [2.45, 2.75) is 142 Å². The molecule has 14 atom stereocenters. The lowest BCUT2D eigenvalue weighted by Gasteiger charge is -2.58. The minimum Gasteiger partial charge on any atom is -0.394 e. The van der Waals surface area contributed by atoms with Gasteiger partial charge in [-0.1, -0.05) is 51.5 Å². The van der Waals surface area contributed by atoms with Crippen molar-refractivity contribution in [3.05, 3.63) is 23.8 Å². The molecule has 6 heteroatoms. The summed E-state index contributed by atoms with van der Waals surface area (Å²) < 4.78 is 11.9. The molecular weight excluding hydrogens is 516 g/mol. The van der Waals surface area contributed by atoms with Crippen molar-refractivity contribution in [1.29, 1.82) is 0 Å². The molecule has 0 amide bonds. The standard InChI is InChI=1S/C35H58O6/c1-7-22(20(2)3)9-8-21(4)26-12-13-27-25-11-10-23-18-24(14-16-34(23,5)28(25)15-17-35(26,27)6)40-33-32(39)31(38)30(37)29(19-36)41-33/h10,21-22,24-33,36-39H,2,7-9,11-19H2,1,3-6H3/t21?,22?,24-,25?,26?,27?,28?,29+,30+,31+,32+,33+,34-,35+/m0/s1. The Hall–Kier alpha value is -0.760. The van der Waals surface area contributed by atoms with Crippen LogP contribution in [0.3, 0.4) is 0 Å². The van der Waals surface area contributed by atoms with E-state index in [0.29, 0.717) is 11.3 Å². The molecule has 1 saturated heterocycles. The quantitative estimate of drug-likeness (QED) is 0.261. The molecule has 5 rings (SSSR count). The van der Waals surface area contributed by atoms with Gasteiger partial charge in [0.15, 0.2) is 6.29 Å². The Morgan fingerprint density at radius 1 is 1.05 bits per heavy atom. The lowest BCUT2D eigenvalue weighted by molar-refractivity contribution is -0.313. The van der Waals surface area contributed by atoms with Crippen LogP contribution < -0.4 is 0 Å². The van der Waals surface area contributed by atoms with Crippen LogP contribution in [-0.2, 0) is 9.47 Å². The highest BCUT2D eigenvalue weighted by molar-refractivity contribution is 5.25. The molecule has 3 saturated carbocycles. The first-order chi connectivity index (χ1) is 19.4. The molecule has 6 nitrogen and oxygen atoms in total. The van der Waals surface area contributed by atoms with E-state index >= 15 is 0 Å². The first kappa shape index (κ1) is 31.7. The molecule has 0 aromatic carbocycles. The molecule has 0 radical (unpaired) electrons. The largest absolute Gasteiger partial charge is 0.394 e. The van der Waals surface area contributed by atoms with E-state index in [1.54, 1.807) is 0 Å². The molecule has 1 aliphatic heterocycles. The predicted molar refractivity (Wildman–Crippen MR) is 161 cm³/mol. The van der Waals surface area contributed by atoms with Gasteiger partial charge in [0.25, 0.3) is 0 Å². The molecule has 5 aliphatic rings. The number of fused-ring (bicyclic) bond motifs is 5. The summed E-state index contributed by atoms with van der Waals surface area (Å²) in [5.41, 5.74) is 3.49. The SMILES string of the molecule is C=C(C)C(CC)CCC(C)C1CCC2C3CC=C4C[C@@H](O[C@@H]5O[C@H](CO)[C@@H](O)[C@@H](O)[C@H]5O)CC[C@]4(C)C3CC[C@]12C. The molecule has 6 unspecified atom stereocenters. The number of rotatable bonds is 9. The molecule has 4 aliphatic carbocycles. The Balaban J connectivity index is 1.24. The van der Waals surface area contributed by atoms with Crippen molar-refractivity contribution in [3.63, 3.8) is 0 Å². The summed E-state index contributed by atoms with van der Waals surface area (Å²) in [5.74, 6) is 4.57. The van der Waals surface area contributed by atoms with Gasteiger partial charge in [-0.2, -0.15) is 0 Å². The zero-order valence-electron chi connectivity index (χ0n) is 26.3. The second-order valence-electron chi connectivity index (χ2n) is 15.2. The Morgan fingerprint density at radius 3 is 2.49 bits per heavy atom. The van der Waals surface area contributed by atoms with Crippen LogP contribution in [0.2, 0.25) is 0 Å². The van der Waals surface area contributed by atoms with Gasteiger partial charge >= 0.3 is 0 Å². The van der Waals surface area contributed by atoms with Gasteiger partial charge < -0.3 is 29.9 Å². The second-order valence-corrected chi connectivity index (χ2v) is 15.2. The van der Waals surface area contributed by atoms with E-state index in [4.69, 9.17) is 9.47 Å². The summed E-state index contributed by atoms with van der Waals surface area (Å²) in [6.45, 7) is 16.0. The molecule has 0 spiro atoms. The van der Waals surface area contributed by atoms with Crippen LogP contribution in [0.25, 0.3) is 0 Å². The zero-order valence-corrected chi connectivity index (χ0v) is 26.3. The fourth-order valence-electron chi connectivity index (χ4n) is 10.6. The Kier molecular flexibility index (Phi) is 9.51. The topological polar surface area (TPSA) is 99.4 Å². The number of allylic oxidation sites excluding steroid dienone is 2. The van der Waals surface area contributed by atoms with E-state index in [1.807, 2.05) is 0 Å². The highest BCUT2D eigenvalue weighted by atomic mass is 16.7. The van der Waals surface area contributed by atoms with E-state index in [2.05, 4.69) is 47.3 Å². The van der Waals surface area contributed by atoms with Gasteiger partial charge in [0.05, 0.1) is 12.7 Å². The van der Waals surface area contributed by atoms with Crippen molar-refractivity contribution >= 4 is 0 Å². The lowest BCUT2D eigenvalue weighted by atomic mass is 9.47. The van der Waals surface area contributed by atoms with Crippen molar-refractivity contribution in [2.75, 3.05) is 6.61 Å². The molecular formula is C35H58O6. The molecule has 0 bridgehead atoms. The van der Waals surface area contributed by atoms with Crippen LogP contribution in [0.15, 0.2) is 23.8 Å². The van der Waals surface area contributed by atoms with E-state index in [9.17, 15) is 20.4 Å². The van der Waals surface area contributed by atoms with Gasteiger partial charge in [0.1, 0.15) is 24.4 Å². The number of hydrogen-bond acceptors (Lipinski definition) is 6. The van der Waals surface area contributed by atoms with Gasteiger partial charge in [0, 0.05) is 0 Å². The first-order valence-corrected chi connectivity index (χ1v) is 16.7. The maximum atomic E-state index is 10.5. The van der Waals surface area contributed by atoms with E-state index in [1.165, 1.54) is 56.1 Å². The average Bonchev–Trinajstić information content (AvgIpc) is 3.30. The molecule has 41 heavy (non-hydrogen) atoms. The number of ether oxygens (including phenoxy) is 2. The average molecular weight is 575 g/mol. The van der Waals surface area contributed by atoms with Crippen molar-refractivity contribution in [2.24, 2.45) is 46.3 Å². The number of aliphatic hydroxyl groups excluding tert-OH is 4. The monoisotopic (exact) mass is 574 g/mol. The molecule has 1 heterocycles. The third kappa shape index (κ3) is 5.64. The van der Waals surface area contributed by atoms with Crippen LogP contribution in [-0.4, -0.2) is 63.8 Å². The third-order valence-corrected chi connectivity index (χ3v) is 13.2. The Bertz CT molecular complexity index is 962. The van der Waals surface area contributed by atoms with Crippen LogP contribution in [0.5, 0.6) is 0 Å². The zero-order chi connectivity index (χ0) is 29.7. The van der Waals surface area contributed by atoms with Crippen molar-refractivity contribution in [3.8, 4) is 0 Å². The van der Waals surface area contributed by atoms with Gasteiger partial charge in [-0.25, -0.2) is 0 Å². The lowest BCUT2D eigenvalue weighted by Crippen LogP contribution is -2.60. The van der Waals surface area contributed by atoms with Crippen molar-refractivity contribution in [1.82, 2.24) is 0 Å². The summed E-state index contributed by atoms with van der Waals surface area (Å²) in [7, 11) is 0. The van der Waals surface area contributed by atoms with Gasteiger partial charge in [-0.05, 0) is 124 Å². The summed E-state index contributed by atoms with van der Waals surface area (Å²) >= 11 is 0. The van der Waals surface area contributed by atoms with Crippen LogP contribution in [0.4, 0.5) is 0 Å². The Labute approximate surface area is 248 Å². The minimum absolute atomic E-state index is 0.107. The summed E-state index contributed by atoms with van der Waals surface area (Å²) in [6.07, 6.45) is 9.51. The summed E-state index contributed by atoms with van der Waals surface area (Å²) in [5, 5.41) is 40.4. The van der Waals surface area contributed by atoms with Crippen LogP contribution >= 0.6 is 0 Å². The molecule has 4 fully saturated rings. The molecule has 0 aromatic heterocycles. The third-order valence-electron chi connectivity index (χ3n) is 13.2. The van der Waals surface area contributed by atoms with E-state index < -0.39 is 37.3 Å². The molecule has 4 N–H and O–H groups in total.